The Balaban J connectivity index is 1.93. The van der Waals surface area contributed by atoms with E-state index in [-0.39, 0.29) is 0 Å². The van der Waals surface area contributed by atoms with Gasteiger partial charge in [0.05, 0.1) is 7.11 Å². The first-order valence-electron chi connectivity index (χ1n) is 6.51. The molecule has 1 N–H and O–H groups in total. The molecular formula is C13H21N3O. The molecule has 0 saturated heterocycles. The Morgan fingerprint density at radius 2 is 1.82 bits per heavy atom. The van der Waals surface area contributed by atoms with Gasteiger partial charge in [-0.2, -0.15) is 0 Å². The number of ether oxygens (including phenoxy) is 1. The van der Waals surface area contributed by atoms with Crippen molar-refractivity contribution >= 4 is 5.82 Å². The van der Waals surface area contributed by atoms with Crippen molar-refractivity contribution in [2.75, 3.05) is 12.4 Å². The number of hydrogen-bond donors (Lipinski definition) is 1. The smallest absolute Gasteiger partial charge is 0.218 e. The van der Waals surface area contributed by atoms with Gasteiger partial charge in [-0.15, -0.1) is 0 Å². The number of anilines is 1. The highest BCUT2D eigenvalue weighted by Crippen LogP contribution is 2.20. The van der Waals surface area contributed by atoms with Crippen LogP contribution in [-0.2, 0) is 0 Å². The van der Waals surface area contributed by atoms with E-state index in [0.29, 0.717) is 11.9 Å². The van der Waals surface area contributed by atoms with Crippen LogP contribution in [0.1, 0.15) is 44.9 Å². The van der Waals surface area contributed by atoms with Crippen LogP contribution in [0.4, 0.5) is 5.82 Å². The van der Waals surface area contributed by atoms with Crippen LogP contribution in [-0.4, -0.2) is 23.1 Å². The summed E-state index contributed by atoms with van der Waals surface area (Å²) in [4.78, 5) is 8.24. The second-order valence-corrected chi connectivity index (χ2v) is 4.63. The van der Waals surface area contributed by atoms with Crippen LogP contribution in [0.2, 0.25) is 0 Å². The second-order valence-electron chi connectivity index (χ2n) is 4.63. The van der Waals surface area contributed by atoms with E-state index in [1.165, 1.54) is 44.9 Å². The molecule has 1 fully saturated rings. The van der Waals surface area contributed by atoms with Crippen LogP contribution >= 0.6 is 0 Å². The average molecular weight is 235 g/mol. The minimum atomic E-state index is 0.551. The van der Waals surface area contributed by atoms with Crippen molar-refractivity contribution in [2.45, 2.75) is 51.0 Å². The maximum absolute atomic E-state index is 5.10. The first kappa shape index (κ1) is 12.1. The Morgan fingerprint density at radius 3 is 2.53 bits per heavy atom. The van der Waals surface area contributed by atoms with Gasteiger partial charge in [0, 0.05) is 12.1 Å². The Kier molecular flexibility index (Phi) is 4.59. The van der Waals surface area contributed by atoms with Gasteiger partial charge in [-0.25, -0.2) is 9.97 Å². The molecule has 2 rings (SSSR count). The molecule has 4 nitrogen and oxygen atoms in total. The van der Waals surface area contributed by atoms with Crippen molar-refractivity contribution in [1.82, 2.24) is 9.97 Å². The number of nitrogens with zero attached hydrogens (tertiary/aromatic N) is 2. The molecule has 0 radical (unpaired) electrons. The summed E-state index contributed by atoms with van der Waals surface area (Å²) in [5.74, 6) is 1.50. The highest BCUT2D eigenvalue weighted by atomic mass is 16.5. The molecule has 1 heterocycles. The van der Waals surface area contributed by atoms with Crippen molar-refractivity contribution < 1.29 is 4.74 Å². The zero-order valence-corrected chi connectivity index (χ0v) is 10.5. The second kappa shape index (κ2) is 6.42. The van der Waals surface area contributed by atoms with Crippen LogP contribution in [0, 0.1) is 0 Å². The van der Waals surface area contributed by atoms with Crippen LogP contribution in [0.5, 0.6) is 5.88 Å². The van der Waals surface area contributed by atoms with Gasteiger partial charge in [0.1, 0.15) is 12.1 Å². The van der Waals surface area contributed by atoms with Gasteiger partial charge < -0.3 is 10.1 Å². The number of hydrogen-bond acceptors (Lipinski definition) is 4. The zero-order valence-electron chi connectivity index (χ0n) is 10.5. The number of nitrogens with one attached hydrogen (secondary N) is 1. The minimum Gasteiger partial charge on any atom is -0.481 e. The van der Waals surface area contributed by atoms with E-state index in [1.54, 1.807) is 13.4 Å². The largest absolute Gasteiger partial charge is 0.481 e. The number of aromatic nitrogens is 2. The topological polar surface area (TPSA) is 47.0 Å². The van der Waals surface area contributed by atoms with Gasteiger partial charge in [0.2, 0.25) is 5.88 Å². The fourth-order valence-corrected chi connectivity index (χ4v) is 2.34. The number of methoxy groups -OCH3 is 1. The molecular weight excluding hydrogens is 214 g/mol. The van der Waals surface area contributed by atoms with Crippen molar-refractivity contribution in [3.63, 3.8) is 0 Å². The van der Waals surface area contributed by atoms with E-state index in [0.717, 1.165) is 5.82 Å². The molecule has 1 aliphatic rings. The third-order valence-corrected chi connectivity index (χ3v) is 3.31. The van der Waals surface area contributed by atoms with Gasteiger partial charge >= 0.3 is 0 Å². The van der Waals surface area contributed by atoms with Crippen molar-refractivity contribution in [3.8, 4) is 5.88 Å². The average Bonchev–Trinajstić information content (AvgIpc) is 2.33. The molecule has 94 valence electrons. The first-order valence-corrected chi connectivity index (χ1v) is 6.51. The van der Waals surface area contributed by atoms with Gasteiger partial charge in [0.15, 0.2) is 0 Å². The van der Waals surface area contributed by atoms with Gasteiger partial charge in [0.25, 0.3) is 0 Å². The maximum atomic E-state index is 5.10. The molecule has 17 heavy (non-hydrogen) atoms. The van der Waals surface area contributed by atoms with E-state index in [9.17, 15) is 0 Å². The fraction of sp³-hybridized carbons (Fsp3) is 0.692. The van der Waals surface area contributed by atoms with E-state index in [2.05, 4.69) is 15.3 Å². The maximum Gasteiger partial charge on any atom is 0.218 e. The summed E-state index contributed by atoms with van der Waals surface area (Å²) in [6.07, 6.45) is 10.8. The van der Waals surface area contributed by atoms with Crippen molar-refractivity contribution in [1.29, 1.82) is 0 Å². The predicted octanol–water partition coefficient (Wildman–Crippen LogP) is 3.01. The van der Waals surface area contributed by atoms with Crippen LogP contribution in [0.25, 0.3) is 0 Å². The molecule has 0 unspecified atom stereocenters. The summed E-state index contributed by atoms with van der Waals surface area (Å²) >= 11 is 0. The lowest BCUT2D eigenvalue weighted by Gasteiger charge is -2.21. The SMILES string of the molecule is COc1cc(NC2CCCCCCC2)ncn1. The molecule has 4 heteroatoms. The van der Waals surface area contributed by atoms with E-state index in [4.69, 9.17) is 4.74 Å². The van der Waals surface area contributed by atoms with Crippen LogP contribution < -0.4 is 10.1 Å². The van der Waals surface area contributed by atoms with Crippen molar-refractivity contribution in [2.24, 2.45) is 0 Å². The van der Waals surface area contributed by atoms with Crippen LogP contribution in [0.15, 0.2) is 12.4 Å². The lowest BCUT2D eigenvalue weighted by Crippen LogP contribution is -2.21. The molecule has 1 aromatic rings. The lowest BCUT2D eigenvalue weighted by molar-refractivity contribution is 0.397. The monoisotopic (exact) mass is 235 g/mol. The standard InChI is InChI=1S/C13H21N3O/c1-17-13-9-12(14-10-15-13)16-11-7-5-3-2-4-6-8-11/h9-11H,2-8H2,1H3,(H,14,15,16). The zero-order chi connectivity index (χ0) is 11.9. The van der Waals surface area contributed by atoms with Gasteiger partial charge in [-0.3, -0.25) is 0 Å². The van der Waals surface area contributed by atoms with Crippen molar-refractivity contribution in [3.05, 3.63) is 12.4 Å². The summed E-state index contributed by atoms with van der Waals surface area (Å²) in [7, 11) is 1.63. The quantitative estimate of drug-likeness (QED) is 0.874. The predicted molar refractivity (Wildman–Crippen MR) is 68.3 cm³/mol. The Bertz CT molecular complexity index is 335. The Morgan fingerprint density at radius 1 is 1.12 bits per heavy atom. The molecule has 0 bridgehead atoms. The molecule has 1 aliphatic carbocycles. The lowest BCUT2D eigenvalue weighted by atomic mass is 9.97. The summed E-state index contributed by atoms with van der Waals surface area (Å²) < 4.78 is 5.10. The Hall–Kier alpha value is -1.32. The normalized spacial score (nSPS) is 18.2. The molecule has 1 saturated carbocycles. The molecule has 0 amide bonds. The summed E-state index contributed by atoms with van der Waals surface area (Å²) in [5, 5.41) is 3.49. The van der Waals surface area contributed by atoms with Gasteiger partial charge in [-0.1, -0.05) is 32.1 Å². The molecule has 0 aliphatic heterocycles. The highest BCUT2D eigenvalue weighted by molar-refractivity contribution is 5.38. The summed E-state index contributed by atoms with van der Waals surface area (Å²) in [6, 6.07) is 2.41. The third kappa shape index (κ3) is 3.88. The van der Waals surface area contributed by atoms with Crippen LogP contribution in [0.3, 0.4) is 0 Å². The Labute approximate surface area is 103 Å². The van der Waals surface area contributed by atoms with Gasteiger partial charge in [-0.05, 0) is 12.8 Å². The molecule has 0 atom stereocenters. The third-order valence-electron chi connectivity index (χ3n) is 3.31. The van der Waals surface area contributed by atoms with E-state index < -0.39 is 0 Å². The number of rotatable bonds is 3. The highest BCUT2D eigenvalue weighted by Gasteiger charge is 2.11. The summed E-state index contributed by atoms with van der Waals surface area (Å²) in [6.45, 7) is 0. The molecule has 0 spiro atoms. The van der Waals surface area contributed by atoms with E-state index in [1.807, 2.05) is 6.07 Å². The fourth-order valence-electron chi connectivity index (χ4n) is 2.34. The summed E-state index contributed by atoms with van der Waals surface area (Å²) in [5.41, 5.74) is 0. The molecule has 1 aromatic heterocycles. The minimum absolute atomic E-state index is 0.551. The van der Waals surface area contributed by atoms with E-state index >= 15 is 0 Å². The first-order chi connectivity index (χ1) is 8.38. The molecule has 0 aromatic carbocycles.